The van der Waals surface area contributed by atoms with Crippen LogP contribution in [0, 0.1) is 0 Å². The van der Waals surface area contributed by atoms with Crippen LogP contribution in [-0.4, -0.2) is 20.7 Å². The molecule has 5 nitrogen and oxygen atoms in total. The van der Waals surface area contributed by atoms with Gasteiger partial charge >= 0.3 is 0 Å². The molecule has 128 valence electrons. The fourth-order valence-corrected chi connectivity index (χ4v) is 2.78. The Balaban J connectivity index is 1.69. The van der Waals surface area contributed by atoms with Gasteiger partial charge in [-0.2, -0.15) is 5.10 Å². The quantitative estimate of drug-likeness (QED) is 0.417. The van der Waals surface area contributed by atoms with Crippen LogP contribution < -0.4 is 5.43 Å². The van der Waals surface area contributed by atoms with Crippen LogP contribution in [-0.2, 0) is 6.54 Å². The summed E-state index contributed by atoms with van der Waals surface area (Å²) in [6.45, 7) is 0.488. The van der Waals surface area contributed by atoms with Crippen LogP contribution in [0.5, 0.6) is 0 Å². The van der Waals surface area contributed by atoms with Gasteiger partial charge in [-0.05, 0) is 42.0 Å². The van der Waals surface area contributed by atoms with E-state index in [-0.39, 0.29) is 0 Å². The first-order chi connectivity index (χ1) is 12.8. The predicted molar refractivity (Wildman–Crippen MR) is 106 cm³/mol. The molecule has 0 radical (unpaired) electrons. The van der Waals surface area contributed by atoms with Crippen molar-refractivity contribution in [3.05, 3.63) is 89.4 Å². The van der Waals surface area contributed by atoms with Crippen LogP contribution in [0.15, 0.2) is 84.0 Å². The number of hydrogen-bond donors (Lipinski definition) is 1. The van der Waals surface area contributed by atoms with Crippen molar-refractivity contribution in [2.24, 2.45) is 5.10 Å². The number of anilines is 1. The third kappa shape index (κ3) is 3.58. The van der Waals surface area contributed by atoms with Crippen LogP contribution >= 0.6 is 11.6 Å². The van der Waals surface area contributed by atoms with E-state index in [4.69, 9.17) is 11.6 Å². The van der Waals surface area contributed by atoms with Gasteiger partial charge in [-0.25, -0.2) is 4.68 Å². The number of nitrogens with zero attached hydrogens (tertiary/aromatic N) is 4. The Hall–Kier alpha value is -3.18. The molecule has 0 atom stereocenters. The molecule has 1 aromatic heterocycles. The van der Waals surface area contributed by atoms with Gasteiger partial charge in [0.15, 0.2) is 0 Å². The molecule has 0 amide bonds. The lowest BCUT2D eigenvalue weighted by atomic mass is 10.1. The average molecular weight is 362 g/mol. The number of nitrogens with one attached hydrogen (secondary N) is 1. The second-order valence-corrected chi connectivity index (χ2v) is 6.22. The van der Waals surface area contributed by atoms with Crippen molar-refractivity contribution in [2.45, 2.75) is 6.54 Å². The van der Waals surface area contributed by atoms with E-state index in [1.54, 1.807) is 0 Å². The number of hydrazone groups is 1. The smallest absolute Gasteiger partial charge is 0.113 e. The van der Waals surface area contributed by atoms with Gasteiger partial charge in [0, 0.05) is 5.02 Å². The Kier molecular flexibility index (Phi) is 4.62. The lowest BCUT2D eigenvalue weighted by molar-refractivity contribution is 0.700. The van der Waals surface area contributed by atoms with Crippen LogP contribution in [0.1, 0.15) is 5.56 Å². The summed E-state index contributed by atoms with van der Waals surface area (Å²) in [5.74, 6) is 0. The minimum Gasteiger partial charge on any atom is -0.278 e. The van der Waals surface area contributed by atoms with Crippen LogP contribution in [0.4, 0.5) is 5.69 Å². The first-order valence-corrected chi connectivity index (χ1v) is 8.59. The summed E-state index contributed by atoms with van der Waals surface area (Å²) in [7, 11) is 0. The van der Waals surface area contributed by atoms with Gasteiger partial charge in [-0.1, -0.05) is 59.3 Å². The molecule has 0 aliphatic carbocycles. The molecule has 4 aromatic rings. The SMILES string of the molecule is Clc1ccc(/C(Cn2nnc3ccccc32)=N/Nc2ccccc2)cc1. The second kappa shape index (κ2) is 7.37. The van der Waals surface area contributed by atoms with E-state index in [0.717, 1.165) is 28.0 Å². The molecule has 1 heterocycles. The van der Waals surface area contributed by atoms with Crippen molar-refractivity contribution >= 4 is 34.0 Å². The van der Waals surface area contributed by atoms with E-state index in [1.807, 2.05) is 83.5 Å². The number of rotatable bonds is 5. The molecule has 0 fully saturated rings. The van der Waals surface area contributed by atoms with Gasteiger partial charge in [0.2, 0.25) is 0 Å². The molecule has 0 saturated heterocycles. The second-order valence-electron chi connectivity index (χ2n) is 5.78. The molecule has 26 heavy (non-hydrogen) atoms. The van der Waals surface area contributed by atoms with Gasteiger partial charge in [-0.3, -0.25) is 5.43 Å². The molecular weight excluding hydrogens is 346 g/mol. The van der Waals surface area contributed by atoms with Crippen molar-refractivity contribution in [1.82, 2.24) is 15.0 Å². The monoisotopic (exact) mass is 361 g/mol. The Labute approximate surface area is 155 Å². The van der Waals surface area contributed by atoms with Crippen molar-refractivity contribution in [2.75, 3.05) is 5.43 Å². The highest BCUT2D eigenvalue weighted by molar-refractivity contribution is 6.30. The molecule has 0 spiro atoms. The van der Waals surface area contributed by atoms with Crippen molar-refractivity contribution in [3.63, 3.8) is 0 Å². The maximum Gasteiger partial charge on any atom is 0.113 e. The van der Waals surface area contributed by atoms with E-state index in [0.29, 0.717) is 11.6 Å². The third-order valence-electron chi connectivity index (χ3n) is 3.99. The first kappa shape index (κ1) is 16.3. The highest BCUT2D eigenvalue weighted by atomic mass is 35.5. The van der Waals surface area contributed by atoms with Crippen LogP contribution in [0.25, 0.3) is 11.0 Å². The number of halogens is 1. The first-order valence-electron chi connectivity index (χ1n) is 8.21. The van der Waals surface area contributed by atoms with E-state index in [9.17, 15) is 0 Å². The average Bonchev–Trinajstić information content (AvgIpc) is 3.10. The Morgan fingerprint density at radius 3 is 2.46 bits per heavy atom. The normalized spacial score (nSPS) is 11.7. The van der Waals surface area contributed by atoms with Gasteiger partial charge in [0.05, 0.1) is 23.5 Å². The molecule has 0 aliphatic rings. The van der Waals surface area contributed by atoms with Crippen molar-refractivity contribution < 1.29 is 0 Å². The number of hydrogen-bond acceptors (Lipinski definition) is 4. The van der Waals surface area contributed by atoms with Gasteiger partial charge in [-0.15, -0.1) is 5.10 Å². The van der Waals surface area contributed by atoms with E-state index in [2.05, 4.69) is 20.8 Å². The largest absolute Gasteiger partial charge is 0.278 e. The molecule has 1 N–H and O–H groups in total. The van der Waals surface area contributed by atoms with Crippen LogP contribution in [0.3, 0.4) is 0 Å². The van der Waals surface area contributed by atoms with Crippen LogP contribution in [0.2, 0.25) is 5.02 Å². The summed E-state index contributed by atoms with van der Waals surface area (Å²) in [4.78, 5) is 0. The zero-order chi connectivity index (χ0) is 17.8. The zero-order valence-electron chi connectivity index (χ0n) is 13.9. The number of para-hydroxylation sites is 2. The van der Waals surface area contributed by atoms with E-state index >= 15 is 0 Å². The number of fused-ring (bicyclic) bond motifs is 1. The van der Waals surface area contributed by atoms with Gasteiger partial charge in [0.1, 0.15) is 5.52 Å². The molecule has 0 saturated carbocycles. The van der Waals surface area contributed by atoms with E-state index < -0.39 is 0 Å². The minimum atomic E-state index is 0.488. The molecule has 0 bridgehead atoms. The van der Waals surface area contributed by atoms with Gasteiger partial charge in [0.25, 0.3) is 0 Å². The van der Waals surface area contributed by atoms with Crippen molar-refractivity contribution in [1.29, 1.82) is 0 Å². The molecule has 0 aliphatic heterocycles. The minimum absolute atomic E-state index is 0.488. The Bertz CT molecular complexity index is 1040. The summed E-state index contributed by atoms with van der Waals surface area (Å²) >= 11 is 6.03. The van der Waals surface area contributed by atoms with E-state index in [1.165, 1.54) is 0 Å². The maximum absolute atomic E-state index is 6.03. The zero-order valence-corrected chi connectivity index (χ0v) is 14.6. The topological polar surface area (TPSA) is 55.1 Å². The summed E-state index contributed by atoms with van der Waals surface area (Å²) in [5.41, 5.74) is 7.66. The summed E-state index contributed by atoms with van der Waals surface area (Å²) in [6, 6.07) is 25.3. The maximum atomic E-state index is 6.03. The molecule has 3 aromatic carbocycles. The Morgan fingerprint density at radius 1 is 0.923 bits per heavy atom. The predicted octanol–water partition coefficient (Wildman–Crippen LogP) is 4.60. The summed E-state index contributed by atoms with van der Waals surface area (Å²) < 4.78 is 1.84. The summed E-state index contributed by atoms with van der Waals surface area (Å²) in [6.07, 6.45) is 0. The third-order valence-corrected chi connectivity index (χ3v) is 4.24. The van der Waals surface area contributed by atoms with Gasteiger partial charge < -0.3 is 0 Å². The fraction of sp³-hybridized carbons (Fsp3) is 0.0500. The molecule has 6 heteroatoms. The summed E-state index contributed by atoms with van der Waals surface area (Å²) in [5, 5.41) is 13.8. The standard InChI is InChI=1S/C20H16ClN5/c21-16-12-10-15(11-13-16)19(23-22-17-6-2-1-3-7-17)14-26-20-9-5-4-8-18(20)24-25-26/h1-13,22H,14H2/b23-19+. The molecule has 0 unspecified atom stereocenters. The number of benzene rings is 3. The van der Waals surface area contributed by atoms with Crippen molar-refractivity contribution in [3.8, 4) is 0 Å². The highest BCUT2D eigenvalue weighted by Gasteiger charge is 2.10. The molecular formula is C20H16ClN5. The lowest BCUT2D eigenvalue weighted by Crippen LogP contribution is -2.15. The lowest BCUT2D eigenvalue weighted by Gasteiger charge is -2.09. The molecule has 4 rings (SSSR count). The fourth-order valence-electron chi connectivity index (χ4n) is 2.65. The Morgan fingerprint density at radius 2 is 1.65 bits per heavy atom. The number of aromatic nitrogens is 3. The highest BCUT2D eigenvalue weighted by Crippen LogP contribution is 2.15.